The lowest BCUT2D eigenvalue weighted by atomic mass is 10.2. The van der Waals surface area contributed by atoms with Crippen LogP contribution in [0.2, 0.25) is 0 Å². The normalized spacial score (nSPS) is 10.9. The van der Waals surface area contributed by atoms with E-state index in [1.807, 2.05) is 0 Å². The molecule has 0 aliphatic carbocycles. The molecule has 1 heterocycles. The highest BCUT2D eigenvalue weighted by Gasteiger charge is 2.34. The molecule has 0 fully saturated rings. The van der Waals surface area contributed by atoms with E-state index in [-0.39, 0.29) is 11.4 Å². The number of esters is 2. The van der Waals surface area contributed by atoms with Crippen LogP contribution in [-0.2, 0) is 9.47 Å². The van der Waals surface area contributed by atoms with Gasteiger partial charge in [0, 0.05) is 5.69 Å². The Morgan fingerprint density at radius 1 is 0.852 bits per heavy atom. The average Bonchev–Trinajstić information content (AvgIpc) is 2.85. The minimum absolute atomic E-state index is 0.331. The molecular weight excluding hydrogens is 354 g/mol. The zero-order chi connectivity index (χ0) is 20.3. The highest BCUT2D eigenvalue weighted by atomic mass is 16.5. The van der Waals surface area contributed by atoms with Gasteiger partial charge in [0.05, 0.1) is 19.3 Å². The molecule has 2 aromatic rings. The second kappa shape index (κ2) is 8.03. The molecule has 2 rings (SSSR count). The van der Waals surface area contributed by atoms with Crippen molar-refractivity contribution in [3.63, 3.8) is 0 Å². The van der Waals surface area contributed by atoms with Gasteiger partial charge >= 0.3 is 11.9 Å². The van der Waals surface area contributed by atoms with E-state index in [0.29, 0.717) is 11.4 Å². The molecule has 2 N–H and O–H groups in total. The lowest BCUT2D eigenvalue weighted by Crippen LogP contribution is -2.20. The van der Waals surface area contributed by atoms with Crippen LogP contribution in [0.5, 0.6) is 17.2 Å². The van der Waals surface area contributed by atoms with Crippen LogP contribution in [-0.4, -0.2) is 46.0 Å². The van der Waals surface area contributed by atoms with Crippen molar-refractivity contribution >= 4 is 11.9 Å². The topological polar surface area (TPSA) is 107 Å². The van der Waals surface area contributed by atoms with Crippen LogP contribution in [0, 0.1) is 0 Å². The lowest BCUT2D eigenvalue weighted by Gasteiger charge is -2.15. The summed E-state index contributed by atoms with van der Waals surface area (Å²) in [5.74, 6) is -2.74. The molecule has 0 unspecified atom stereocenters. The average molecular weight is 377 g/mol. The molecule has 0 spiro atoms. The Morgan fingerprint density at radius 2 is 1.26 bits per heavy atom. The van der Waals surface area contributed by atoms with E-state index in [4.69, 9.17) is 14.2 Å². The van der Waals surface area contributed by atoms with E-state index in [2.05, 4.69) is 0 Å². The molecule has 0 aliphatic heterocycles. The Morgan fingerprint density at radius 3 is 1.59 bits per heavy atom. The Hall–Kier alpha value is -3.16. The second-order valence-electron chi connectivity index (χ2n) is 6.34. The molecule has 0 atom stereocenters. The molecule has 0 saturated heterocycles. The first-order valence-electron chi connectivity index (χ1n) is 8.40. The van der Waals surface area contributed by atoms with Gasteiger partial charge in [-0.3, -0.25) is 4.57 Å². The number of aromatic nitrogens is 1. The number of carbonyl (C=O) groups is 2. The van der Waals surface area contributed by atoms with Crippen molar-refractivity contribution in [3.8, 4) is 22.9 Å². The number of ether oxygens (including phenoxy) is 3. The van der Waals surface area contributed by atoms with E-state index in [9.17, 15) is 19.8 Å². The highest BCUT2D eigenvalue weighted by molar-refractivity contribution is 6.00. The predicted molar refractivity (Wildman–Crippen MR) is 96.8 cm³/mol. The quantitative estimate of drug-likeness (QED) is 0.745. The van der Waals surface area contributed by atoms with Crippen LogP contribution >= 0.6 is 0 Å². The number of benzene rings is 1. The van der Waals surface area contributed by atoms with Gasteiger partial charge < -0.3 is 24.4 Å². The third-order valence-electron chi connectivity index (χ3n) is 3.52. The van der Waals surface area contributed by atoms with Gasteiger partial charge in [-0.05, 0) is 52.0 Å². The molecule has 27 heavy (non-hydrogen) atoms. The fourth-order valence-corrected chi connectivity index (χ4v) is 2.45. The zero-order valence-electron chi connectivity index (χ0n) is 15.8. The van der Waals surface area contributed by atoms with Crippen LogP contribution in [0.3, 0.4) is 0 Å². The van der Waals surface area contributed by atoms with Crippen LogP contribution in [0.4, 0.5) is 0 Å². The third-order valence-corrected chi connectivity index (χ3v) is 3.52. The van der Waals surface area contributed by atoms with Crippen LogP contribution in [0.25, 0.3) is 5.69 Å². The molecule has 0 saturated carbocycles. The Kier molecular flexibility index (Phi) is 5.99. The molecule has 146 valence electrons. The van der Waals surface area contributed by atoms with Crippen molar-refractivity contribution in [1.82, 2.24) is 4.57 Å². The van der Waals surface area contributed by atoms with Gasteiger partial charge in [-0.2, -0.15) is 0 Å². The van der Waals surface area contributed by atoms with E-state index in [0.717, 1.165) is 4.57 Å². The van der Waals surface area contributed by atoms with Crippen molar-refractivity contribution in [3.05, 3.63) is 35.7 Å². The minimum Gasteiger partial charge on any atom is -0.503 e. The first kappa shape index (κ1) is 20.2. The molecule has 0 radical (unpaired) electrons. The second-order valence-corrected chi connectivity index (χ2v) is 6.34. The van der Waals surface area contributed by atoms with E-state index in [1.165, 1.54) is 7.11 Å². The zero-order valence-corrected chi connectivity index (χ0v) is 15.8. The van der Waals surface area contributed by atoms with Gasteiger partial charge in [0.25, 0.3) is 0 Å². The number of hydrogen-bond donors (Lipinski definition) is 2. The number of hydrogen-bond acceptors (Lipinski definition) is 7. The molecule has 1 aromatic heterocycles. The summed E-state index contributed by atoms with van der Waals surface area (Å²) in [5.41, 5.74) is -0.415. The largest absolute Gasteiger partial charge is 0.503 e. The maximum atomic E-state index is 12.5. The lowest BCUT2D eigenvalue weighted by molar-refractivity contribution is 0.0360. The van der Waals surface area contributed by atoms with Gasteiger partial charge in [0.2, 0.25) is 0 Å². The smallest absolute Gasteiger partial charge is 0.359 e. The summed E-state index contributed by atoms with van der Waals surface area (Å²) >= 11 is 0. The van der Waals surface area contributed by atoms with Crippen LogP contribution in [0.15, 0.2) is 24.3 Å². The maximum Gasteiger partial charge on any atom is 0.359 e. The molecule has 8 heteroatoms. The number of methoxy groups -OCH3 is 1. The SMILES string of the molecule is COc1ccc(-n2c(C(=O)OC(C)C)c(O)c(O)c2C(=O)OC(C)C)cc1. The summed E-state index contributed by atoms with van der Waals surface area (Å²) in [4.78, 5) is 25.0. The van der Waals surface area contributed by atoms with Crippen molar-refractivity contribution in [2.75, 3.05) is 7.11 Å². The van der Waals surface area contributed by atoms with E-state index in [1.54, 1.807) is 52.0 Å². The molecule has 0 amide bonds. The van der Waals surface area contributed by atoms with Crippen LogP contribution in [0.1, 0.15) is 48.7 Å². The number of nitrogens with zero attached hydrogens (tertiary/aromatic N) is 1. The first-order chi connectivity index (χ1) is 12.7. The van der Waals surface area contributed by atoms with Gasteiger partial charge in [-0.25, -0.2) is 9.59 Å². The summed E-state index contributed by atoms with van der Waals surface area (Å²) in [5, 5.41) is 20.6. The number of aromatic hydroxyl groups is 2. The Balaban J connectivity index is 2.72. The molecule has 1 aromatic carbocycles. The highest BCUT2D eigenvalue weighted by Crippen LogP contribution is 2.39. The summed E-state index contributed by atoms with van der Waals surface area (Å²) in [6.07, 6.45) is -0.936. The third kappa shape index (κ3) is 4.16. The summed E-state index contributed by atoms with van der Waals surface area (Å²) in [6, 6.07) is 6.35. The fourth-order valence-electron chi connectivity index (χ4n) is 2.45. The monoisotopic (exact) mass is 377 g/mol. The minimum atomic E-state index is -0.891. The first-order valence-corrected chi connectivity index (χ1v) is 8.40. The Bertz CT molecular complexity index is 789. The van der Waals surface area contributed by atoms with Gasteiger partial charge in [0.1, 0.15) is 5.75 Å². The number of rotatable bonds is 6. The van der Waals surface area contributed by atoms with Gasteiger partial charge in [-0.15, -0.1) is 0 Å². The van der Waals surface area contributed by atoms with E-state index < -0.39 is 35.6 Å². The van der Waals surface area contributed by atoms with E-state index >= 15 is 0 Å². The summed E-state index contributed by atoms with van der Waals surface area (Å²) in [6.45, 7) is 6.57. The molecular formula is C19H23NO7. The van der Waals surface area contributed by atoms with Crippen molar-refractivity contribution in [2.45, 2.75) is 39.9 Å². The summed E-state index contributed by atoms with van der Waals surface area (Å²) in [7, 11) is 1.50. The number of carbonyl (C=O) groups excluding carboxylic acids is 2. The fraction of sp³-hybridized carbons (Fsp3) is 0.368. The molecule has 8 nitrogen and oxygen atoms in total. The van der Waals surface area contributed by atoms with Crippen LogP contribution < -0.4 is 4.74 Å². The van der Waals surface area contributed by atoms with Gasteiger partial charge in [0.15, 0.2) is 22.9 Å². The standard InChI is InChI=1S/C19H23NO7/c1-10(2)26-18(23)14-16(21)17(22)15(19(24)27-11(3)4)20(14)12-6-8-13(25-5)9-7-12/h6-11,21-22H,1-5H3. The van der Waals surface area contributed by atoms with Gasteiger partial charge in [-0.1, -0.05) is 0 Å². The van der Waals surface area contributed by atoms with Crippen molar-refractivity contribution in [2.24, 2.45) is 0 Å². The van der Waals surface area contributed by atoms with Crippen molar-refractivity contribution in [1.29, 1.82) is 0 Å². The molecule has 0 bridgehead atoms. The van der Waals surface area contributed by atoms with Crippen molar-refractivity contribution < 1.29 is 34.0 Å². The molecule has 0 aliphatic rings. The maximum absolute atomic E-state index is 12.5. The Labute approximate surface area is 156 Å². The predicted octanol–water partition coefficient (Wildman–Crippen LogP) is 3.03. The summed E-state index contributed by atoms with van der Waals surface area (Å²) < 4.78 is 16.5.